The van der Waals surface area contributed by atoms with Gasteiger partial charge in [-0.15, -0.1) is 0 Å². The Morgan fingerprint density at radius 2 is 1.59 bits per heavy atom. The van der Waals surface area contributed by atoms with Crippen molar-refractivity contribution in [3.05, 3.63) is 65.0 Å². The summed E-state index contributed by atoms with van der Waals surface area (Å²) < 4.78 is 74.3. The van der Waals surface area contributed by atoms with Crippen LogP contribution in [0.2, 0.25) is 0 Å². The van der Waals surface area contributed by atoms with E-state index in [0.717, 1.165) is 68.2 Å². The first-order valence-corrected chi connectivity index (χ1v) is 15.5. The molecule has 39 heavy (non-hydrogen) atoms. The van der Waals surface area contributed by atoms with Crippen LogP contribution in [0, 0.1) is 5.82 Å². The number of unbranched alkanes of at least 4 members (excludes halogenated alkanes) is 2. The summed E-state index contributed by atoms with van der Waals surface area (Å²) in [6.07, 6.45) is 1.10. The number of alkyl halides is 3. The molecule has 4 nitrogen and oxygen atoms in total. The summed E-state index contributed by atoms with van der Waals surface area (Å²) >= 11 is 0. The summed E-state index contributed by atoms with van der Waals surface area (Å²) in [5.74, 6) is -0.516. The lowest BCUT2D eigenvalue weighted by atomic mass is 9.89. The van der Waals surface area contributed by atoms with Crippen molar-refractivity contribution in [1.29, 1.82) is 0 Å². The van der Waals surface area contributed by atoms with E-state index in [2.05, 4.69) is 4.90 Å². The third-order valence-electron chi connectivity index (χ3n) is 7.22. The highest BCUT2D eigenvalue weighted by atomic mass is 32.2. The Labute approximate surface area is 229 Å². The predicted octanol–water partition coefficient (Wildman–Crippen LogP) is 7.42. The minimum absolute atomic E-state index is 0.0928. The summed E-state index contributed by atoms with van der Waals surface area (Å²) in [5, 5.41) is 10.0. The molecule has 2 aromatic rings. The lowest BCUT2D eigenvalue weighted by Gasteiger charge is -2.18. The van der Waals surface area contributed by atoms with Crippen LogP contribution in [0.15, 0.2) is 42.5 Å². The number of nitrogens with zero attached hydrogens (tertiary/aromatic N) is 1. The molecular weight excluding hydrogens is 530 g/mol. The number of rotatable bonds is 14. The van der Waals surface area contributed by atoms with Crippen molar-refractivity contribution in [2.45, 2.75) is 70.4 Å². The second-order valence-electron chi connectivity index (χ2n) is 10.5. The topological polar surface area (TPSA) is 57.6 Å². The van der Waals surface area contributed by atoms with Crippen LogP contribution >= 0.6 is 0 Å². The minimum Gasteiger partial charge on any atom is -0.508 e. The number of aromatic hydroxyl groups is 1. The van der Waals surface area contributed by atoms with E-state index >= 15 is 0 Å². The van der Waals surface area contributed by atoms with Gasteiger partial charge < -0.3 is 10.0 Å². The molecule has 0 saturated heterocycles. The Balaban J connectivity index is 1.50. The standard InChI is InChI=1S/C30H39F4NO3S/c1-35(19-7-21-39(37,38)20-6-17-30(32,33)34)18-4-2-3-9-29-27(23-11-13-25(31)14-12-23)10-5-8-24-22-26(36)15-16-28(24)29/h11-16,22,36H,2-10,17-21H2,1H3. The van der Waals surface area contributed by atoms with Crippen LogP contribution in [0.5, 0.6) is 5.75 Å². The monoisotopic (exact) mass is 569 g/mol. The summed E-state index contributed by atoms with van der Waals surface area (Å²) in [4.78, 5) is 2.07. The molecule has 1 aliphatic rings. The number of aryl methyl sites for hydroxylation is 1. The summed E-state index contributed by atoms with van der Waals surface area (Å²) in [5.41, 5.74) is 5.79. The van der Waals surface area contributed by atoms with E-state index in [0.29, 0.717) is 13.0 Å². The van der Waals surface area contributed by atoms with Gasteiger partial charge in [-0.05, 0) is 124 Å². The number of hydrogen-bond donors (Lipinski definition) is 1. The molecule has 0 heterocycles. The normalized spacial score (nSPS) is 14.5. The van der Waals surface area contributed by atoms with Crippen LogP contribution in [-0.2, 0) is 16.3 Å². The van der Waals surface area contributed by atoms with Crippen LogP contribution < -0.4 is 0 Å². The first-order chi connectivity index (χ1) is 18.4. The van der Waals surface area contributed by atoms with Crippen molar-refractivity contribution < 1.29 is 31.1 Å². The molecule has 0 saturated carbocycles. The fraction of sp³-hybridized carbons (Fsp3) is 0.533. The number of halogens is 4. The van der Waals surface area contributed by atoms with Crippen LogP contribution in [0.25, 0.3) is 11.1 Å². The zero-order chi connectivity index (χ0) is 28.5. The van der Waals surface area contributed by atoms with Crippen LogP contribution in [0.1, 0.15) is 74.5 Å². The highest BCUT2D eigenvalue weighted by Gasteiger charge is 2.27. The van der Waals surface area contributed by atoms with Gasteiger partial charge in [-0.3, -0.25) is 0 Å². The molecule has 0 amide bonds. The van der Waals surface area contributed by atoms with E-state index < -0.39 is 28.2 Å². The SMILES string of the molecule is CN(CCCCCC1=C(c2ccc(F)cc2)CCCc2cc(O)ccc21)CCCS(=O)(=O)CCCC(F)(F)F. The van der Waals surface area contributed by atoms with Gasteiger partial charge in [0.15, 0.2) is 0 Å². The largest absolute Gasteiger partial charge is 0.508 e. The van der Waals surface area contributed by atoms with Crippen LogP contribution in [0.4, 0.5) is 17.6 Å². The van der Waals surface area contributed by atoms with Crippen LogP contribution in [-0.4, -0.2) is 56.2 Å². The quantitative estimate of drug-likeness (QED) is 0.190. The molecular formula is C30H39F4NO3S. The summed E-state index contributed by atoms with van der Waals surface area (Å²) in [6.45, 7) is 1.39. The van der Waals surface area contributed by atoms with E-state index in [-0.39, 0.29) is 23.7 Å². The van der Waals surface area contributed by atoms with Gasteiger partial charge in [0.05, 0.1) is 11.5 Å². The van der Waals surface area contributed by atoms with Crippen molar-refractivity contribution >= 4 is 21.0 Å². The molecule has 3 rings (SSSR count). The maximum atomic E-state index is 13.6. The van der Waals surface area contributed by atoms with Crippen molar-refractivity contribution in [3.63, 3.8) is 0 Å². The van der Waals surface area contributed by atoms with E-state index in [1.54, 1.807) is 6.07 Å². The summed E-state index contributed by atoms with van der Waals surface area (Å²) in [6, 6.07) is 12.2. The molecule has 0 bridgehead atoms. The van der Waals surface area contributed by atoms with Gasteiger partial charge in [-0.2, -0.15) is 13.2 Å². The number of phenolic OH excluding ortho intramolecular Hbond substituents is 1. The zero-order valence-electron chi connectivity index (χ0n) is 22.6. The van der Waals surface area contributed by atoms with Gasteiger partial charge in [0.2, 0.25) is 0 Å². The number of hydrogen-bond acceptors (Lipinski definition) is 4. The number of fused-ring (bicyclic) bond motifs is 1. The molecule has 9 heteroatoms. The second-order valence-corrected chi connectivity index (χ2v) is 12.8. The average Bonchev–Trinajstić information content (AvgIpc) is 3.02. The first kappa shape index (κ1) is 31.1. The number of benzene rings is 2. The smallest absolute Gasteiger partial charge is 0.389 e. The Kier molecular flexibility index (Phi) is 11.4. The van der Waals surface area contributed by atoms with Crippen molar-refractivity contribution in [2.75, 3.05) is 31.6 Å². The van der Waals surface area contributed by atoms with E-state index in [1.807, 2.05) is 31.3 Å². The fourth-order valence-electron chi connectivity index (χ4n) is 5.23. The number of phenols is 1. The molecule has 216 valence electrons. The Hall–Kier alpha value is -2.39. The Bertz CT molecular complexity index is 1210. The van der Waals surface area contributed by atoms with Gasteiger partial charge in [-0.1, -0.05) is 24.6 Å². The highest BCUT2D eigenvalue weighted by molar-refractivity contribution is 7.91. The van der Waals surface area contributed by atoms with Crippen molar-refractivity contribution in [2.24, 2.45) is 0 Å². The maximum absolute atomic E-state index is 13.6. The fourth-order valence-corrected chi connectivity index (χ4v) is 6.58. The van der Waals surface area contributed by atoms with Crippen molar-refractivity contribution in [3.8, 4) is 5.75 Å². The van der Waals surface area contributed by atoms with Gasteiger partial charge in [-0.25, -0.2) is 12.8 Å². The first-order valence-electron chi connectivity index (χ1n) is 13.7. The Morgan fingerprint density at radius 3 is 2.31 bits per heavy atom. The molecule has 0 fully saturated rings. The maximum Gasteiger partial charge on any atom is 0.389 e. The van der Waals surface area contributed by atoms with Crippen molar-refractivity contribution in [1.82, 2.24) is 4.90 Å². The second kappa shape index (κ2) is 14.3. The average molecular weight is 570 g/mol. The summed E-state index contributed by atoms with van der Waals surface area (Å²) in [7, 11) is -1.54. The highest BCUT2D eigenvalue weighted by Crippen LogP contribution is 2.39. The predicted molar refractivity (Wildman–Crippen MR) is 149 cm³/mol. The lowest BCUT2D eigenvalue weighted by molar-refractivity contribution is -0.134. The molecule has 0 unspecified atom stereocenters. The van der Waals surface area contributed by atoms with Gasteiger partial charge in [0.25, 0.3) is 0 Å². The van der Waals surface area contributed by atoms with Crippen LogP contribution in [0.3, 0.4) is 0 Å². The molecule has 0 atom stereocenters. The molecule has 0 spiro atoms. The molecule has 1 aliphatic carbocycles. The molecule has 2 aromatic carbocycles. The minimum atomic E-state index is -4.32. The van der Waals surface area contributed by atoms with E-state index in [9.17, 15) is 31.1 Å². The molecule has 0 radical (unpaired) electrons. The van der Waals surface area contributed by atoms with E-state index in [4.69, 9.17) is 0 Å². The molecule has 0 aromatic heterocycles. The van der Waals surface area contributed by atoms with Gasteiger partial charge in [0, 0.05) is 6.42 Å². The lowest BCUT2D eigenvalue weighted by Crippen LogP contribution is -2.24. The third-order valence-corrected chi connectivity index (χ3v) is 9.04. The van der Waals surface area contributed by atoms with E-state index in [1.165, 1.54) is 23.3 Å². The Morgan fingerprint density at radius 1 is 0.897 bits per heavy atom. The number of allylic oxidation sites excluding steroid dienone is 2. The molecule has 0 aliphatic heterocycles. The van der Waals surface area contributed by atoms with Gasteiger partial charge >= 0.3 is 6.18 Å². The van der Waals surface area contributed by atoms with Gasteiger partial charge in [0.1, 0.15) is 21.4 Å². The zero-order valence-corrected chi connectivity index (χ0v) is 23.4. The molecule has 1 N–H and O–H groups in total. The number of sulfone groups is 1. The third kappa shape index (κ3) is 10.6.